The number of hydrogen-bond donors (Lipinski definition) is 2. The largest absolute Gasteiger partial charge is 0.459 e. The summed E-state index contributed by atoms with van der Waals surface area (Å²) < 4.78 is 64.7. The van der Waals surface area contributed by atoms with Crippen molar-refractivity contribution in [3.05, 3.63) is 64.2 Å². The molecule has 30 heavy (non-hydrogen) atoms. The summed E-state index contributed by atoms with van der Waals surface area (Å²) in [6, 6.07) is 6.85. The molecule has 0 spiro atoms. The molecule has 6 nitrogen and oxygen atoms in total. The lowest BCUT2D eigenvalue weighted by Gasteiger charge is -2.20. The second-order valence-corrected chi connectivity index (χ2v) is 6.85. The number of halogens is 5. The molecule has 1 aliphatic heterocycles. The highest BCUT2D eigenvalue weighted by molar-refractivity contribution is 8.06. The Morgan fingerprint density at radius 1 is 1.20 bits per heavy atom. The maximum Gasteiger partial charge on any atom is 0.459 e. The Morgan fingerprint density at radius 2 is 2.00 bits per heavy atom. The molecule has 0 amide bonds. The monoisotopic (exact) mass is 440 g/mol. The number of allylic oxidation sites excluding steroid dienone is 2. The van der Waals surface area contributed by atoms with E-state index in [0.29, 0.717) is 30.1 Å². The van der Waals surface area contributed by atoms with E-state index in [0.717, 1.165) is 5.56 Å². The van der Waals surface area contributed by atoms with E-state index in [4.69, 9.17) is 0 Å². The van der Waals surface area contributed by atoms with Crippen LogP contribution in [0.3, 0.4) is 0 Å². The molecule has 2 aromatic heterocycles. The summed E-state index contributed by atoms with van der Waals surface area (Å²) in [6.07, 6.45) is -0.410. The first kappa shape index (κ1) is 21.5. The van der Waals surface area contributed by atoms with Crippen molar-refractivity contribution in [1.82, 2.24) is 20.3 Å². The highest BCUT2D eigenvalue weighted by atomic mass is 32.2. The smallest absolute Gasteiger partial charge is 0.354 e. The van der Waals surface area contributed by atoms with Crippen LogP contribution in [0.2, 0.25) is 0 Å². The van der Waals surface area contributed by atoms with Gasteiger partial charge in [-0.15, -0.1) is 0 Å². The summed E-state index contributed by atoms with van der Waals surface area (Å²) in [4.78, 5) is 12.2. The molecule has 0 aromatic carbocycles. The Labute approximate surface area is 171 Å². The lowest BCUT2D eigenvalue weighted by Crippen LogP contribution is -2.41. The molecule has 0 bridgehead atoms. The molecule has 1 aliphatic rings. The highest BCUT2D eigenvalue weighted by Crippen LogP contribution is 2.45. The predicted molar refractivity (Wildman–Crippen MR) is 101 cm³/mol. The Morgan fingerprint density at radius 3 is 2.67 bits per heavy atom. The quantitative estimate of drug-likeness (QED) is 0.517. The van der Waals surface area contributed by atoms with Crippen LogP contribution < -0.4 is 10.6 Å². The third-order valence-corrected chi connectivity index (χ3v) is 4.80. The average molecular weight is 440 g/mol. The standard InChI is InChI=1S/C18H13F5N6S/c19-17(20,18(21,22)23)14-10-30-15(29-14)12(8-24)13-4-7-27-16(28-13)26-6-3-11-2-1-5-25-9-11/h1-2,4-5,7,9-10,29H,3,6H2,(H,26,27,28)/b15-12-. The normalized spacial score (nSPS) is 15.8. The molecule has 0 unspecified atom stereocenters. The van der Waals surface area contributed by atoms with Crippen LogP contribution in [0.1, 0.15) is 11.3 Å². The van der Waals surface area contributed by atoms with Crippen LogP contribution in [0, 0.1) is 11.3 Å². The predicted octanol–water partition coefficient (Wildman–Crippen LogP) is 4.09. The number of nitrogens with one attached hydrogen (secondary N) is 2. The van der Waals surface area contributed by atoms with Crippen molar-refractivity contribution >= 4 is 23.3 Å². The molecule has 2 N–H and O–H groups in total. The van der Waals surface area contributed by atoms with Crippen molar-refractivity contribution in [3.63, 3.8) is 0 Å². The van der Waals surface area contributed by atoms with E-state index >= 15 is 0 Å². The van der Waals surface area contributed by atoms with Crippen molar-refractivity contribution in [3.8, 4) is 6.07 Å². The molecule has 0 atom stereocenters. The third-order valence-electron chi connectivity index (χ3n) is 3.91. The summed E-state index contributed by atoms with van der Waals surface area (Å²) >= 11 is 0.558. The highest BCUT2D eigenvalue weighted by Gasteiger charge is 2.61. The molecule has 0 fully saturated rings. The number of nitriles is 1. The van der Waals surface area contributed by atoms with Gasteiger partial charge in [-0.25, -0.2) is 9.97 Å². The van der Waals surface area contributed by atoms with Crippen molar-refractivity contribution in [2.45, 2.75) is 18.5 Å². The van der Waals surface area contributed by atoms with Gasteiger partial charge in [0.05, 0.1) is 10.7 Å². The van der Waals surface area contributed by atoms with Crippen LogP contribution in [0.4, 0.5) is 27.9 Å². The number of nitrogens with zero attached hydrogens (tertiary/aromatic N) is 4. The van der Waals surface area contributed by atoms with Crippen LogP contribution in [0.5, 0.6) is 0 Å². The van der Waals surface area contributed by atoms with Crippen LogP contribution >= 0.6 is 11.8 Å². The Bertz CT molecular complexity index is 1010. The molecule has 0 saturated carbocycles. The Balaban J connectivity index is 1.73. The first-order valence-corrected chi connectivity index (χ1v) is 9.30. The molecule has 3 heterocycles. The van der Waals surface area contributed by atoms with Crippen molar-refractivity contribution in [1.29, 1.82) is 5.26 Å². The summed E-state index contributed by atoms with van der Waals surface area (Å²) in [7, 11) is 0. The minimum absolute atomic E-state index is 0.0800. The van der Waals surface area contributed by atoms with Gasteiger partial charge in [0.2, 0.25) is 5.95 Å². The molecule has 0 radical (unpaired) electrons. The zero-order chi connectivity index (χ0) is 21.8. The van der Waals surface area contributed by atoms with E-state index in [9.17, 15) is 27.2 Å². The zero-order valence-corrected chi connectivity index (χ0v) is 15.9. The van der Waals surface area contributed by atoms with Crippen molar-refractivity contribution in [2.75, 3.05) is 11.9 Å². The fraction of sp³-hybridized carbons (Fsp3) is 0.222. The lowest BCUT2D eigenvalue weighted by molar-refractivity contribution is -0.265. The average Bonchev–Trinajstić information content (AvgIpc) is 3.19. The molecule has 156 valence electrons. The van der Waals surface area contributed by atoms with Gasteiger partial charge >= 0.3 is 12.1 Å². The maximum absolute atomic E-state index is 13.5. The summed E-state index contributed by atoms with van der Waals surface area (Å²) in [5, 5.41) is 14.8. The number of aromatic nitrogens is 3. The Kier molecular flexibility index (Phi) is 6.21. The van der Waals surface area contributed by atoms with E-state index in [1.54, 1.807) is 24.5 Å². The van der Waals surface area contributed by atoms with E-state index in [-0.39, 0.29) is 22.2 Å². The topological polar surface area (TPSA) is 86.5 Å². The van der Waals surface area contributed by atoms with Crippen LogP contribution in [0.25, 0.3) is 5.57 Å². The van der Waals surface area contributed by atoms with Crippen molar-refractivity contribution < 1.29 is 22.0 Å². The van der Waals surface area contributed by atoms with Gasteiger partial charge < -0.3 is 10.6 Å². The second kappa shape index (κ2) is 8.66. The number of rotatable bonds is 6. The number of hydrogen-bond acceptors (Lipinski definition) is 7. The second-order valence-electron chi connectivity index (χ2n) is 5.97. The number of alkyl halides is 5. The van der Waals surface area contributed by atoms with Crippen LogP contribution in [-0.2, 0) is 6.42 Å². The first-order valence-electron chi connectivity index (χ1n) is 8.42. The van der Waals surface area contributed by atoms with Crippen LogP contribution in [0.15, 0.2) is 52.9 Å². The fourth-order valence-electron chi connectivity index (χ4n) is 2.40. The van der Waals surface area contributed by atoms with Gasteiger partial charge in [-0.2, -0.15) is 27.2 Å². The summed E-state index contributed by atoms with van der Waals surface area (Å²) in [6.45, 7) is 0.462. The summed E-state index contributed by atoms with van der Waals surface area (Å²) in [5.41, 5.74) is -0.457. The molecular formula is C18H13F5N6S. The van der Waals surface area contributed by atoms with Gasteiger partial charge in [0, 0.05) is 30.5 Å². The van der Waals surface area contributed by atoms with Gasteiger partial charge in [-0.05, 0) is 24.1 Å². The number of thioether (sulfide) groups is 1. The van der Waals surface area contributed by atoms with E-state index in [1.807, 2.05) is 11.4 Å². The minimum Gasteiger partial charge on any atom is -0.354 e. The summed E-state index contributed by atoms with van der Waals surface area (Å²) in [5.74, 6) is -4.88. The maximum atomic E-state index is 13.5. The third kappa shape index (κ3) is 4.68. The fourth-order valence-corrected chi connectivity index (χ4v) is 3.28. The van der Waals surface area contributed by atoms with Gasteiger partial charge in [-0.1, -0.05) is 17.8 Å². The van der Waals surface area contributed by atoms with Crippen LogP contribution in [-0.4, -0.2) is 33.6 Å². The number of pyridine rings is 1. The van der Waals surface area contributed by atoms with E-state index in [1.165, 1.54) is 12.3 Å². The minimum atomic E-state index is -5.76. The first-order chi connectivity index (χ1) is 14.2. The lowest BCUT2D eigenvalue weighted by atomic mass is 10.2. The van der Waals surface area contributed by atoms with Crippen molar-refractivity contribution in [2.24, 2.45) is 0 Å². The zero-order valence-electron chi connectivity index (χ0n) is 15.0. The molecule has 2 aromatic rings. The van der Waals surface area contributed by atoms with E-state index < -0.39 is 17.8 Å². The SMILES string of the molecule is N#C/C(=C1\NC(C(F)(F)C(F)(F)F)=CS1)c1ccnc(NCCc2cccnc2)n1. The molecule has 12 heteroatoms. The van der Waals surface area contributed by atoms with Gasteiger partial charge in [0.25, 0.3) is 0 Å². The Hall–Kier alpha value is -3.20. The van der Waals surface area contributed by atoms with Gasteiger partial charge in [0.15, 0.2) is 0 Å². The number of anilines is 1. The van der Waals surface area contributed by atoms with Gasteiger partial charge in [-0.3, -0.25) is 4.98 Å². The molecule has 0 aliphatic carbocycles. The molecule has 3 rings (SSSR count). The van der Waals surface area contributed by atoms with E-state index in [2.05, 4.69) is 20.3 Å². The molecule has 0 saturated heterocycles. The van der Waals surface area contributed by atoms with Gasteiger partial charge in [0.1, 0.15) is 17.3 Å². The molecular weight excluding hydrogens is 427 g/mol.